The van der Waals surface area contributed by atoms with Crippen molar-refractivity contribution in [3.63, 3.8) is 0 Å². The van der Waals surface area contributed by atoms with Crippen LogP contribution in [0.3, 0.4) is 0 Å². The molecule has 11 heteroatoms. The molecular formula is C19H30F3IN4O2S. The molecule has 0 aliphatic carbocycles. The van der Waals surface area contributed by atoms with E-state index in [1.165, 1.54) is 5.56 Å². The summed E-state index contributed by atoms with van der Waals surface area (Å²) in [5.41, 5.74) is -2.85. The number of hydrogen-bond acceptors (Lipinski definition) is 3. The highest BCUT2D eigenvalue weighted by Gasteiger charge is 2.50. The van der Waals surface area contributed by atoms with E-state index in [2.05, 4.69) is 46.8 Å². The number of rotatable bonds is 6. The molecule has 1 aromatic carbocycles. The smallest absolute Gasteiger partial charge is 0.356 e. The van der Waals surface area contributed by atoms with Crippen LogP contribution >= 0.6 is 24.0 Å². The number of piperidine rings is 1. The van der Waals surface area contributed by atoms with E-state index >= 15 is 0 Å². The highest BCUT2D eigenvalue weighted by atomic mass is 127. The lowest BCUT2D eigenvalue weighted by Crippen LogP contribution is -2.47. The summed E-state index contributed by atoms with van der Waals surface area (Å²) in [6.07, 6.45) is 1.72. The van der Waals surface area contributed by atoms with Crippen LogP contribution in [0.5, 0.6) is 0 Å². The van der Waals surface area contributed by atoms with Gasteiger partial charge in [0.1, 0.15) is 0 Å². The third kappa shape index (κ3) is 6.98. The van der Waals surface area contributed by atoms with Gasteiger partial charge in [0.15, 0.2) is 5.96 Å². The largest absolute Gasteiger partial charge is 0.511 e. The maximum absolute atomic E-state index is 12.7. The van der Waals surface area contributed by atoms with Crippen LogP contribution in [-0.2, 0) is 16.4 Å². The lowest BCUT2D eigenvalue weighted by molar-refractivity contribution is -0.0496. The lowest BCUT2D eigenvalue weighted by Gasteiger charge is -2.32. The number of halogens is 4. The van der Waals surface area contributed by atoms with E-state index in [0.717, 1.165) is 12.0 Å². The molecule has 0 spiro atoms. The highest BCUT2D eigenvalue weighted by Crippen LogP contribution is 2.30. The molecule has 1 heterocycles. The van der Waals surface area contributed by atoms with Gasteiger partial charge in [-0.15, -0.1) is 24.0 Å². The van der Waals surface area contributed by atoms with Gasteiger partial charge in [-0.25, -0.2) is 8.42 Å². The Hall–Kier alpha value is -1.08. The summed E-state index contributed by atoms with van der Waals surface area (Å²) in [5, 5.41) is 6.49. The predicted molar refractivity (Wildman–Crippen MR) is 123 cm³/mol. The first-order chi connectivity index (χ1) is 13.6. The van der Waals surface area contributed by atoms with Crippen molar-refractivity contribution in [1.82, 2.24) is 14.9 Å². The summed E-state index contributed by atoms with van der Waals surface area (Å²) in [5.74, 6) is 0.676. The first-order valence-corrected chi connectivity index (χ1v) is 11.1. The number of hydrogen-bond donors (Lipinski definition) is 2. The van der Waals surface area contributed by atoms with Crippen LogP contribution in [0.15, 0.2) is 29.3 Å². The van der Waals surface area contributed by atoms with Crippen LogP contribution in [0, 0.1) is 5.92 Å². The van der Waals surface area contributed by atoms with Gasteiger partial charge in [0.2, 0.25) is 0 Å². The third-order valence-electron chi connectivity index (χ3n) is 5.23. The molecule has 6 nitrogen and oxygen atoms in total. The van der Waals surface area contributed by atoms with Gasteiger partial charge < -0.3 is 10.6 Å². The fraction of sp³-hybridized carbons (Fsp3) is 0.632. The van der Waals surface area contributed by atoms with Crippen molar-refractivity contribution in [1.29, 1.82) is 0 Å². The van der Waals surface area contributed by atoms with Gasteiger partial charge in [0.05, 0.1) is 6.04 Å². The van der Waals surface area contributed by atoms with Crippen molar-refractivity contribution in [2.75, 3.05) is 26.7 Å². The Kier molecular flexibility index (Phi) is 10.3. The molecule has 1 aromatic rings. The number of aryl methyl sites for hydroxylation is 1. The minimum absolute atomic E-state index is 0. The van der Waals surface area contributed by atoms with Crippen molar-refractivity contribution in [2.24, 2.45) is 10.9 Å². The molecule has 1 aliphatic rings. The van der Waals surface area contributed by atoms with E-state index < -0.39 is 15.5 Å². The second kappa shape index (κ2) is 11.5. The summed E-state index contributed by atoms with van der Waals surface area (Å²) in [6, 6.07) is 8.35. The monoisotopic (exact) mass is 562 g/mol. The first kappa shape index (κ1) is 27.0. The van der Waals surface area contributed by atoms with Gasteiger partial charge >= 0.3 is 15.5 Å². The first-order valence-electron chi connectivity index (χ1n) is 9.71. The minimum atomic E-state index is -5.24. The zero-order valence-corrected chi connectivity index (χ0v) is 20.5. The number of guanidine groups is 1. The van der Waals surface area contributed by atoms with Gasteiger partial charge in [-0.05, 0) is 43.2 Å². The molecular weight excluding hydrogens is 532 g/mol. The lowest BCUT2D eigenvalue weighted by atomic mass is 9.98. The Morgan fingerprint density at radius 2 is 1.80 bits per heavy atom. The van der Waals surface area contributed by atoms with Gasteiger partial charge in [0.25, 0.3) is 0 Å². The molecule has 30 heavy (non-hydrogen) atoms. The molecule has 0 amide bonds. The van der Waals surface area contributed by atoms with E-state index in [0.29, 0.717) is 29.7 Å². The Bertz CT molecular complexity index is 793. The quantitative estimate of drug-likeness (QED) is 0.316. The molecule has 0 bridgehead atoms. The van der Waals surface area contributed by atoms with Crippen molar-refractivity contribution in [3.8, 4) is 0 Å². The minimum Gasteiger partial charge on any atom is -0.356 e. The van der Waals surface area contributed by atoms with Gasteiger partial charge in [-0.3, -0.25) is 4.99 Å². The summed E-state index contributed by atoms with van der Waals surface area (Å²) in [4.78, 5) is 4.20. The fourth-order valence-electron chi connectivity index (χ4n) is 3.27. The van der Waals surface area contributed by atoms with Crippen molar-refractivity contribution >= 4 is 40.0 Å². The summed E-state index contributed by atoms with van der Waals surface area (Å²) in [6.45, 7) is 4.39. The van der Waals surface area contributed by atoms with E-state index in [-0.39, 0.29) is 49.0 Å². The number of aliphatic imine (C=N–C) groups is 1. The number of sulfonamides is 1. The van der Waals surface area contributed by atoms with Gasteiger partial charge in [-0.2, -0.15) is 17.5 Å². The molecule has 1 unspecified atom stereocenters. The molecule has 1 aliphatic heterocycles. The molecule has 2 rings (SSSR count). The molecule has 0 aromatic heterocycles. The summed E-state index contributed by atoms with van der Waals surface area (Å²) < 4.78 is 61.4. The number of benzene rings is 1. The molecule has 1 fully saturated rings. The van der Waals surface area contributed by atoms with Crippen LogP contribution in [0.2, 0.25) is 0 Å². The molecule has 2 N–H and O–H groups in total. The van der Waals surface area contributed by atoms with Crippen LogP contribution in [0.4, 0.5) is 13.2 Å². The SMILES string of the molecule is CCc1ccc(C(C)NC(=NC)NCC2CCN(S(=O)(=O)C(F)(F)F)CC2)cc1.I. The molecule has 0 radical (unpaired) electrons. The Morgan fingerprint density at radius 1 is 1.23 bits per heavy atom. The number of nitrogens with one attached hydrogen (secondary N) is 2. The average Bonchev–Trinajstić information content (AvgIpc) is 2.70. The van der Waals surface area contributed by atoms with Crippen LogP contribution < -0.4 is 10.6 Å². The van der Waals surface area contributed by atoms with Gasteiger partial charge in [0, 0.05) is 26.7 Å². The highest BCUT2D eigenvalue weighted by molar-refractivity contribution is 14.0. The van der Waals surface area contributed by atoms with Crippen LogP contribution in [0.25, 0.3) is 0 Å². The molecule has 0 saturated carbocycles. The average molecular weight is 562 g/mol. The molecule has 1 saturated heterocycles. The van der Waals surface area contributed by atoms with Crippen molar-refractivity contribution < 1.29 is 21.6 Å². The van der Waals surface area contributed by atoms with Gasteiger partial charge in [-0.1, -0.05) is 31.2 Å². The maximum Gasteiger partial charge on any atom is 0.511 e. The second-order valence-corrected chi connectivity index (χ2v) is 9.14. The Labute approximate surface area is 193 Å². The number of nitrogens with zero attached hydrogens (tertiary/aromatic N) is 2. The molecule has 172 valence electrons. The van der Waals surface area contributed by atoms with Crippen molar-refractivity contribution in [2.45, 2.75) is 44.7 Å². The normalized spacial score (nSPS) is 17.9. The third-order valence-corrected chi connectivity index (χ3v) is 6.86. The summed E-state index contributed by atoms with van der Waals surface area (Å²) in [7, 11) is -3.58. The summed E-state index contributed by atoms with van der Waals surface area (Å²) >= 11 is 0. The van der Waals surface area contributed by atoms with Crippen LogP contribution in [-0.4, -0.2) is 50.9 Å². The topological polar surface area (TPSA) is 73.8 Å². The maximum atomic E-state index is 12.7. The Balaban J connectivity index is 0.00000450. The zero-order valence-electron chi connectivity index (χ0n) is 17.4. The van der Waals surface area contributed by atoms with E-state index in [9.17, 15) is 21.6 Å². The Morgan fingerprint density at radius 3 is 2.27 bits per heavy atom. The molecule has 1 atom stereocenters. The second-order valence-electron chi connectivity index (χ2n) is 7.21. The van der Waals surface area contributed by atoms with E-state index in [1.54, 1.807) is 7.05 Å². The number of alkyl halides is 3. The van der Waals surface area contributed by atoms with E-state index in [4.69, 9.17) is 0 Å². The van der Waals surface area contributed by atoms with Crippen molar-refractivity contribution in [3.05, 3.63) is 35.4 Å². The standard InChI is InChI=1S/C19H29F3N4O2S.HI/c1-4-15-5-7-17(8-6-15)14(2)25-18(23-3)24-13-16-9-11-26(12-10-16)29(27,28)19(20,21)22;/h5-8,14,16H,4,9-13H2,1-3H3,(H2,23,24,25);1H. The zero-order chi connectivity index (χ0) is 21.7. The fourth-order valence-corrected chi connectivity index (χ4v) is 4.25. The van der Waals surface area contributed by atoms with Crippen LogP contribution in [0.1, 0.15) is 43.9 Å². The van der Waals surface area contributed by atoms with E-state index in [1.807, 2.05) is 6.92 Å². The predicted octanol–water partition coefficient (Wildman–Crippen LogP) is 3.65.